The molecule has 4 aliphatic rings. The summed E-state index contributed by atoms with van der Waals surface area (Å²) in [4.78, 5) is 12.1. The van der Waals surface area contributed by atoms with Gasteiger partial charge in [-0.15, -0.1) is 0 Å². The highest BCUT2D eigenvalue weighted by Gasteiger charge is 2.58. The fraction of sp³-hybridized carbons (Fsp3) is 0.778. The van der Waals surface area contributed by atoms with Crippen LogP contribution in [0.15, 0.2) is 27.4 Å². The van der Waals surface area contributed by atoms with Gasteiger partial charge < -0.3 is 19.3 Å². The topological polar surface area (TPSA) is 71.1 Å². The standard InChI is InChI=1S/C27H41N3O3/c1-26-12-9-19(29-32-14-11-25-28-16-20(33-25)17-30(3)4)15-18(26)5-6-21-22-7-8-24(31)27(22,2)13-10-23(21)26/h15-16,21-24,31H,5-14,17H2,1-4H3/b29-19-/t21?,22?,23?,24-,26-,27-/m0/s1. The van der Waals surface area contributed by atoms with Crippen LogP contribution < -0.4 is 0 Å². The Hall–Kier alpha value is -1.66. The molecule has 0 aliphatic heterocycles. The zero-order valence-electron chi connectivity index (χ0n) is 20.8. The Morgan fingerprint density at radius 2 is 2.00 bits per heavy atom. The maximum atomic E-state index is 10.7. The van der Waals surface area contributed by atoms with Crippen LogP contribution >= 0.6 is 0 Å². The number of aromatic nitrogens is 1. The Morgan fingerprint density at radius 3 is 2.82 bits per heavy atom. The lowest BCUT2D eigenvalue weighted by atomic mass is 9.47. The molecule has 182 valence electrons. The van der Waals surface area contributed by atoms with Crippen LogP contribution in [0.3, 0.4) is 0 Å². The number of hydrogen-bond donors (Lipinski definition) is 1. The SMILES string of the molecule is CN(C)Cc1cnc(CCO/N=C2\C=C3CCC4C(CC[C@@]5(C)C4CC[C@@H]5O)[C@@]3(C)CC2)o1. The Bertz CT molecular complexity index is 921. The monoisotopic (exact) mass is 455 g/mol. The second-order valence-electron chi connectivity index (χ2n) is 11.8. The van der Waals surface area contributed by atoms with Crippen molar-refractivity contribution < 1.29 is 14.4 Å². The van der Waals surface area contributed by atoms with Crippen LogP contribution in [0, 0.1) is 28.6 Å². The summed E-state index contributed by atoms with van der Waals surface area (Å²) >= 11 is 0. The number of nitrogens with zero attached hydrogens (tertiary/aromatic N) is 3. The molecule has 1 aromatic heterocycles. The average molecular weight is 456 g/mol. The summed E-state index contributed by atoms with van der Waals surface area (Å²) in [6, 6.07) is 0. The predicted molar refractivity (Wildman–Crippen MR) is 129 cm³/mol. The first kappa shape index (κ1) is 23.1. The van der Waals surface area contributed by atoms with Crippen molar-refractivity contribution in [2.24, 2.45) is 33.7 Å². The van der Waals surface area contributed by atoms with Gasteiger partial charge in [0.15, 0.2) is 5.89 Å². The van der Waals surface area contributed by atoms with Gasteiger partial charge in [0, 0.05) is 0 Å². The van der Waals surface area contributed by atoms with Crippen LogP contribution in [0.1, 0.15) is 76.9 Å². The first-order valence-electron chi connectivity index (χ1n) is 13.0. The summed E-state index contributed by atoms with van der Waals surface area (Å²) in [5.74, 6) is 3.82. The highest BCUT2D eigenvalue weighted by atomic mass is 16.6. The van der Waals surface area contributed by atoms with Gasteiger partial charge in [0.05, 0.1) is 31.0 Å². The Morgan fingerprint density at radius 1 is 1.15 bits per heavy atom. The molecule has 1 heterocycles. The molecule has 0 bridgehead atoms. The van der Waals surface area contributed by atoms with E-state index < -0.39 is 0 Å². The molecule has 3 fully saturated rings. The minimum Gasteiger partial charge on any atom is -0.444 e. The van der Waals surface area contributed by atoms with Gasteiger partial charge in [0.1, 0.15) is 12.4 Å². The largest absolute Gasteiger partial charge is 0.444 e. The van der Waals surface area contributed by atoms with Crippen molar-refractivity contribution in [3.8, 4) is 0 Å². The first-order valence-corrected chi connectivity index (χ1v) is 13.0. The molecule has 0 spiro atoms. The van der Waals surface area contributed by atoms with E-state index >= 15 is 0 Å². The van der Waals surface area contributed by atoms with Crippen LogP contribution in [0.5, 0.6) is 0 Å². The van der Waals surface area contributed by atoms with E-state index in [0.717, 1.165) is 42.7 Å². The highest BCUT2D eigenvalue weighted by molar-refractivity contribution is 5.96. The predicted octanol–water partition coefficient (Wildman–Crippen LogP) is 4.98. The Labute approximate surface area is 198 Å². The molecular formula is C27H41N3O3. The normalized spacial score (nSPS) is 39.2. The van der Waals surface area contributed by atoms with Gasteiger partial charge in [-0.3, -0.25) is 0 Å². The van der Waals surface area contributed by atoms with Crippen molar-refractivity contribution in [1.82, 2.24) is 9.88 Å². The van der Waals surface area contributed by atoms with E-state index in [1.165, 1.54) is 38.5 Å². The number of allylic oxidation sites excluding steroid dienone is 2. The van der Waals surface area contributed by atoms with E-state index in [2.05, 4.69) is 35.0 Å². The van der Waals surface area contributed by atoms with Crippen LogP contribution in [-0.2, 0) is 17.8 Å². The zero-order valence-corrected chi connectivity index (χ0v) is 20.8. The molecule has 33 heavy (non-hydrogen) atoms. The number of aliphatic hydroxyl groups excluding tert-OH is 1. The number of hydrogen-bond acceptors (Lipinski definition) is 6. The highest BCUT2D eigenvalue weighted by Crippen LogP contribution is 2.65. The van der Waals surface area contributed by atoms with Crippen molar-refractivity contribution in [3.05, 3.63) is 29.5 Å². The molecule has 6 nitrogen and oxygen atoms in total. The minimum absolute atomic E-state index is 0.0913. The third-order valence-corrected chi connectivity index (χ3v) is 9.59. The van der Waals surface area contributed by atoms with Crippen LogP contribution in [0.25, 0.3) is 0 Å². The molecule has 3 unspecified atom stereocenters. The molecular weight excluding hydrogens is 414 g/mol. The van der Waals surface area contributed by atoms with Gasteiger partial charge in [-0.2, -0.15) is 0 Å². The number of oxime groups is 1. The summed E-state index contributed by atoms with van der Waals surface area (Å²) in [5, 5.41) is 15.1. The van der Waals surface area contributed by atoms with E-state index in [-0.39, 0.29) is 16.9 Å². The molecule has 5 rings (SSSR count). The molecule has 0 amide bonds. The van der Waals surface area contributed by atoms with Crippen molar-refractivity contribution in [3.63, 3.8) is 0 Å². The van der Waals surface area contributed by atoms with E-state index in [0.29, 0.717) is 24.8 Å². The minimum atomic E-state index is -0.0913. The molecule has 6 atom stereocenters. The molecule has 0 saturated heterocycles. The Balaban J connectivity index is 1.20. The van der Waals surface area contributed by atoms with E-state index in [1.807, 2.05) is 14.1 Å². The van der Waals surface area contributed by atoms with Gasteiger partial charge in [0.2, 0.25) is 0 Å². The number of oxazole rings is 1. The first-order chi connectivity index (χ1) is 15.8. The number of rotatable bonds is 6. The summed E-state index contributed by atoms with van der Waals surface area (Å²) in [6.45, 7) is 6.11. The summed E-state index contributed by atoms with van der Waals surface area (Å²) < 4.78 is 5.76. The quantitative estimate of drug-likeness (QED) is 0.484. The van der Waals surface area contributed by atoms with Crippen LogP contribution in [-0.4, -0.2) is 47.5 Å². The molecule has 1 N–H and O–H groups in total. The molecule has 3 saturated carbocycles. The Kier molecular flexibility index (Phi) is 6.19. The lowest BCUT2D eigenvalue weighted by molar-refractivity contribution is -0.0722. The molecule has 6 heteroatoms. The second kappa shape index (κ2) is 8.84. The third kappa shape index (κ3) is 4.18. The van der Waals surface area contributed by atoms with Crippen molar-refractivity contribution >= 4 is 5.71 Å². The zero-order chi connectivity index (χ0) is 23.2. The van der Waals surface area contributed by atoms with E-state index in [9.17, 15) is 5.11 Å². The second-order valence-corrected chi connectivity index (χ2v) is 11.8. The van der Waals surface area contributed by atoms with Crippen LogP contribution in [0.2, 0.25) is 0 Å². The summed E-state index contributed by atoms with van der Waals surface area (Å²) in [6.07, 6.45) is 13.9. The third-order valence-electron chi connectivity index (χ3n) is 9.59. The van der Waals surface area contributed by atoms with Crippen molar-refractivity contribution in [1.29, 1.82) is 0 Å². The van der Waals surface area contributed by atoms with Crippen molar-refractivity contribution in [2.45, 2.75) is 84.3 Å². The fourth-order valence-electron chi connectivity index (χ4n) is 7.73. The lowest BCUT2D eigenvalue weighted by Gasteiger charge is -2.57. The van der Waals surface area contributed by atoms with Gasteiger partial charge in [-0.05, 0) is 100 Å². The van der Waals surface area contributed by atoms with E-state index in [1.54, 1.807) is 11.8 Å². The fourth-order valence-corrected chi connectivity index (χ4v) is 7.73. The maximum Gasteiger partial charge on any atom is 0.197 e. The van der Waals surface area contributed by atoms with Gasteiger partial charge in [0.25, 0.3) is 0 Å². The smallest absolute Gasteiger partial charge is 0.197 e. The molecule has 1 aromatic rings. The molecule has 0 aromatic carbocycles. The van der Waals surface area contributed by atoms with Crippen LogP contribution in [0.4, 0.5) is 0 Å². The summed E-state index contributed by atoms with van der Waals surface area (Å²) in [5.41, 5.74) is 3.11. The molecule has 4 aliphatic carbocycles. The average Bonchev–Trinajstić information content (AvgIpc) is 3.34. The maximum absolute atomic E-state index is 10.7. The van der Waals surface area contributed by atoms with Gasteiger partial charge >= 0.3 is 0 Å². The van der Waals surface area contributed by atoms with E-state index in [4.69, 9.17) is 9.25 Å². The number of aliphatic hydroxyl groups is 1. The van der Waals surface area contributed by atoms with Crippen molar-refractivity contribution in [2.75, 3.05) is 20.7 Å². The lowest BCUT2D eigenvalue weighted by Crippen LogP contribution is -2.51. The van der Waals surface area contributed by atoms with Gasteiger partial charge in [-0.1, -0.05) is 24.6 Å². The number of fused-ring (bicyclic) bond motifs is 5. The van der Waals surface area contributed by atoms with Gasteiger partial charge in [-0.25, -0.2) is 4.98 Å². The summed E-state index contributed by atoms with van der Waals surface area (Å²) in [7, 11) is 4.03. The molecule has 0 radical (unpaired) electrons.